The van der Waals surface area contributed by atoms with E-state index in [1.807, 2.05) is 25.1 Å². The lowest BCUT2D eigenvalue weighted by Crippen LogP contribution is -2.29. The summed E-state index contributed by atoms with van der Waals surface area (Å²) in [4.78, 5) is 2.25. The Hall–Kier alpha value is -1.06. The molecule has 0 heterocycles. The van der Waals surface area contributed by atoms with Gasteiger partial charge in [0.15, 0.2) is 0 Å². The van der Waals surface area contributed by atoms with Gasteiger partial charge in [-0.3, -0.25) is 0 Å². The summed E-state index contributed by atoms with van der Waals surface area (Å²) in [5, 5.41) is 10.5. The molecule has 20 heavy (non-hydrogen) atoms. The molecular formula is C17H27NO2. The maximum Gasteiger partial charge on any atom is 0.124 e. The Bertz CT molecular complexity index is 427. The lowest BCUT2D eigenvalue weighted by atomic mass is 10.0. The second kappa shape index (κ2) is 7.09. The molecule has 0 aromatic heterocycles. The second-order valence-corrected chi connectivity index (χ2v) is 6.13. The fraction of sp³-hybridized carbons (Fsp3) is 0.647. The largest absolute Gasteiger partial charge is 0.496 e. The highest BCUT2D eigenvalue weighted by Crippen LogP contribution is 2.28. The van der Waals surface area contributed by atoms with E-state index < -0.39 is 6.10 Å². The third-order valence-corrected chi connectivity index (χ3v) is 4.27. The summed E-state index contributed by atoms with van der Waals surface area (Å²) < 4.78 is 5.36. The highest BCUT2D eigenvalue weighted by Gasteiger charge is 2.20. The molecule has 0 radical (unpaired) electrons. The molecule has 1 saturated carbocycles. The van der Waals surface area contributed by atoms with Gasteiger partial charge in [0, 0.05) is 18.7 Å². The first-order valence-corrected chi connectivity index (χ1v) is 7.61. The highest BCUT2D eigenvalue weighted by atomic mass is 16.5. The lowest BCUT2D eigenvalue weighted by molar-refractivity contribution is 0.116. The van der Waals surface area contributed by atoms with Gasteiger partial charge in [-0.2, -0.15) is 0 Å². The molecule has 1 aliphatic rings. The minimum Gasteiger partial charge on any atom is -0.496 e. The number of rotatable bonds is 6. The second-order valence-electron chi connectivity index (χ2n) is 6.13. The molecule has 1 atom stereocenters. The Morgan fingerprint density at radius 3 is 2.70 bits per heavy atom. The fourth-order valence-electron chi connectivity index (χ4n) is 3.22. The molecule has 0 aliphatic heterocycles. The third-order valence-electron chi connectivity index (χ3n) is 4.27. The number of aliphatic hydroxyl groups is 1. The Kier molecular flexibility index (Phi) is 5.44. The van der Waals surface area contributed by atoms with Crippen molar-refractivity contribution in [1.29, 1.82) is 0 Å². The minimum absolute atomic E-state index is 0.490. The van der Waals surface area contributed by atoms with Gasteiger partial charge in [-0.15, -0.1) is 0 Å². The molecule has 1 aromatic carbocycles. The van der Waals surface area contributed by atoms with Crippen LogP contribution in [0.3, 0.4) is 0 Å². The van der Waals surface area contributed by atoms with Gasteiger partial charge in [-0.25, -0.2) is 0 Å². The monoisotopic (exact) mass is 277 g/mol. The molecule has 0 amide bonds. The van der Waals surface area contributed by atoms with Crippen LogP contribution in [0.1, 0.15) is 42.9 Å². The molecule has 3 heteroatoms. The summed E-state index contributed by atoms with van der Waals surface area (Å²) in [5.41, 5.74) is 2.05. The summed E-state index contributed by atoms with van der Waals surface area (Å²) in [7, 11) is 3.76. The number of hydrogen-bond acceptors (Lipinski definition) is 3. The van der Waals surface area contributed by atoms with Crippen molar-refractivity contribution in [3.63, 3.8) is 0 Å². The van der Waals surface area contributed by atoms with E-state index in [0.717, 1.165) is 29.3 Å². The average Bonchev–Trinajstić information content (AvgIpc) is 2.91. The molecule has 1 N–H and O–H groups in total. The van der Waals surface area contributed by atoms with Gasteiger partial charge in [-0.1, -0.05) is 24.5 Å². The Morgan fingerprint density at radius 2 is 2.05 bits per heavy atom. The molecule has 2 rings (SSSR count). The molecule has 1 aliphatic carbocycles. The number of methoxy groups -OCH3 is 1. The van der Waals surface area contributed by atoms with E-state index in [9.17, 15) is 5.11 Å². The first-order valence-electron chi connectivity index (χ1n) is 7.61. The van der Waals surface area contributed by atoms with Crippen LogP contribution >= 0.6 is 0 Å². The minimum atomic E-state index is -0.490. The van der Waals surface area contributed by atoms with Gasteiger partial charge < -0.3 is 14.7 Å². The van der Waals surface area contributed by atoms with Gasteiger partial charge in [0.2, 0.25) is 0 Å². The highest BCUT2D eigenvalue weighted by molar-refractivity contribution is 5.38. The number of nitrogens with zero attached hydrogens (tertiary/aromatic N) is 1. The maximum atomic E-state index is 10.5. The van der Waals surface area contributed by atoms with Crippen LogP contribution in [0.15, 0.2) is 18.2 Å². The fourth-order valence-corrected chi connectivity index (χ4v) is 3.22. The first-order chi connectivity index (χ1) is 9.60. The normalized spacial score (nSPS) is 17.6. The van der Waals surface area contributed by atoms with Crippen LogP contribution in [0, 0.1) is 12.8 Å². The van der Waals surface area contributed by atoms with Crippen LogP contribution in [0.2, 0.25) is 0 Å². The van der Waals surface area contributed by atoms with Gasteiger partial charge in [0.05, 0.1) is 13.2 Å². The Balaban J connectivity index is 1.96. The van der Waals surface area contributed by atoms with E-state index in [-0.39, 0.29) is 0 Å². The number of hydrogen-bond donors (Lipinski definition) is 1. The zero-order chi connectivity index (χ0) is 14.5. The average molecular weight is 277 g/mol. The van der Waals surface area contributed by atoms with Crippen molar-refractivity contribution in [2.24, 2.45) is 5.92 Å². The van der Waals surface area contributed by atoms with E-state index in [1.54, 1.807) is 7.11 Å². The van der Waals surface area contributed by atoms with Crippen molar-refractivity contribution in [3.05, 3.63) is 29.3 Å². The molecular weight excluding hydrogens is 250 g/mol. The van der Waals surface area contributed by atoms with Gasteiger partial charge in [0.25, 0.3) is 0 Å². The first kappa shape index (κ1) is 15.3. The number of aryl methyl sites for hydroxylation is 1. The summed E-state index contributed by atoms with van der Waals surface area (Å²) in [6, 6.07) is 5.97. The SMILES string of the molecule is COc1ccc(C)cc1C(O)CN(C)CC1CCCC1. The summed E-state index contributed by atoms with van der Waals surface area (Å²) >= 11 is 0. The number of aliphatic hydroxyl groups excluding tert-OH is 1. The topological polar surface area (TPSA) is 32.7 Å². The number of ether oxygens (including phenoxy) is 1. The van der Waals surface area contributed by atoms with Gasteiger partial charge in [-0.05, 0) is 44.9 Å². The van der Waals surface area contributed by atoms with Crippen molar-refractivity contribution in [2.75, 3.05) is 27.2 Å². The van der Waals surface area contributed by atoms with Crippen molar-refractivity contribution in [2.45, 2.75) is 38.7 Å². The quantitative estimate of drug-likeness (QED) is 0.867. The predicted octanol–water partition coefficient (Wildman–Crippen LogP) is 3.16. The molecule has 0 bridgehead atoms. The molecule has 1 unspecified atom stereocenters. The maximum absolute atomic E-state index is 10.5. The smallest absolute Gasteiger partial charge is 0.124 e. The number of benzene rings is 1. The van der Waals surface area contributed by atoms with Gasteiger partial charge in [0.1, 0.15) is 5.75 Å². The number of likely N-dealkylation sites (N-methyl/N-ethyl adjacent to an activating group) is 1. The Labute approximate surface area is 122 Å². The van der Waals surface area contributed by atoms with Crippen molar-refractivity contribution >= 4 is 0 Å². The summed E-state index contributed by atoms with van der Waals surface area (Å²) in [6.45, 7) is 3.79. The van der Waals surface area contributed by atoms with Crippen LogP contribution in [0.4, 0.5) is 0 Å². The molecule has 1 fully saturated rings. The molecule has 112 valence electrons. The molecule has 3 nitrogen and oxygen atoms in total. The van der Waals surface area contributed by atoms with Gasteiger partial charge >= 0.3 is 0 Å². The van der Waals surface area contributed by atoms with Crippen molar-refractivity contribution in [1.82, 2.24) is 4.90 Å². The zero-order valence-electron chi connectivity index (χ0n) is 12.9. The summed E-state index contributed by atoms with van der Waals surface area (Å²) in [5.74, 6) is 1.59. The summed E-state index contributed by atoms with van der Waals surface area (Å²) in [6.07, 6.45) is 4.93. The standard InChI is InChI=1S/C17H27NO2/c1-13-8-9-17(20-3)15(10-13)16(19)12-18(2)11-14-6-4-5-7-14/h8-10,14,16,19H,4-7,11-12H2,1-3H3. The predicted molar refractivity (Wildman–Crippen MR) is 82.1 cm³/mol. The van der Waals surface area contributed by atoms with Crippen LogP contribution < -0.4 is 4.74 Å². The molecule has 1 aromatic rings. The lowest BCUT2D eigenvalue weighted by Gasteiger charge is -2.24. The van der Waals surface area contributed by atoms with E-state index in [4.69, 9.17) is 4.74 Å². The molecule has 0 saturated heterocycles. The van der Waals surface area contributed by atoms with E-state index in [0.29, 0.717) is 6.54 Å². The Morgan fingerprint density at radius 1 is 1.35 bits per heavy atom. The molecule has 0 spiro atoms. The third kappa shape index (κ3) is 3.97. The zero-order valence-corrected chi connectivity index (χ0v) is 12.9. The van der Waals surface area contributed by atoms with E-state index in [2.05, 4.69) is 11.9 Å². The van der Waals surface area contributed by atoms with Crippen LogP contribution in [-0.4, -0.2) is 37.3 Å². The van der Waals surface area contributed by atoms with E-state index >= 15 is 0 Å². The van der Waals surface area contributed by atoms with Crippen molar-refractivity contribution < 1.29 is 9.84 Å². The van der Waals surface area contributed by atoms with Crippen molar-refractivity contribution in [3.8, 4) is 5.75 Å². The van der Waals surface area contributed by atoms with E-state index in [1.165, 1.54) is 25.7 Å². The van der Waals surface area contributed by atoms with Crippen LogP contribution in [0.25, 0.3) is 0 Å². The van der Waals surface area contributed by atoms with Crippen LogP contribution in [0.5, 0.6) is 5.75 Å². The van der Waals surface area contributed by atoms with Crippen LogP contribution in [-0.2, 0) is 0 Å².